The number of methoxy groups -OCH3 is 1. The molecular weight excluding hydrogens is 408 g/mol. The van der Waals surface area contributed by atoms with Gasteiger partial charge in [0.15, 0.2) is 9.84 Å². The van der Waals surface area contributed by atoms with Crippen LogP contribution in [0, 0.1) is 10.1 Å². The Hall–Kier alpha value is -2.91. The lowest BCUT2D eigenvalue weighted by molar-refractivity contribution is -0.384. The predicted octanol–water partition coefficient (Wildman–Crippen LogP) is 3.21. The number of nitrogens with zero attached hydrogens (tertiary/aromatic N) is 2. The highest BCUT2D eigenvalue weighted by Gasteiger charge is 2.32. The number of hydrogen-bond donors (Lipinski definition) is 0. The van der Waals surface area contributed by atoms with Crippen molar-refractivity contribution in [2.75, 3.05) is 17.8 Å². The smallest absolute Gasteiger partial charge is 0.288 e. The summed E-state index contributed by atoms with van der Waals surface area (Å²) in [5.74, 6) is -0.301. The van der Waals surface area contributed by atoms with Gasteiger partial charge in [-0.2, -0.15) is 0 Å². The Labute approximate surface area is 166 Å². The number of carbonyl (C=O) groups excluding carboxylic acids is 1. The summed E-state index contributed by atoms with van der Waals surface area (Å²) >= 11 is 5.82. The molecule has 0 aliphatic carbocycles. The first-order valence-electron chi connectivity index (χ1n) is 8.04. The third-order valence-corrected chi connectivity index (χ3v) is 5.90. The molecule has 8 nitrogen and oxygen atoms in total. The summed E-state index contributed by atoms with van der Waals surface area (Å²) in [6.45, 7) is 0. The van der Waals surface area contributed by atoms with Gasteiger partial charge >= 0.3 is 0 Å². The van der Waals surface area contributed by atoms with Crippen LogP contribution in [-0.2, 0) is 9.84 Å². The first-order chi connectivity index (χ1) is 13.2. The summed E-state index contributed by atoms with van der Waals surface area (Å²) in [7, 11) is -1.94. The van der Waals surface area contributed by atoms with Crippen molar-refractivity contribution in [1.29, 1.82) is 0 Å². The number of carbonyl (C=O) groups is 1. The molecule has 0 saturated heterocycles. The number of hydrogen-bond acceptors (Lipinski definition) is 6. The SMILES string of the molecule is COc1ccc(N(C(=O)c2ccc(Cl)c([N+](=O)[O-])c2)C2C=CS(=O)(=O)C2)cc1. The Morgan fingerprint density at radius 2 is 1.93 bits per heavy atom. The molecule has 1 atom stereocenters. The lowest BCUT2D eigenvalue weighted by atomic mass is 10.1. The van der Waals surface area contributed by atoms with Crippen molar-refractivity contribution in [3.63, 3.8) is 0 Å². The highest BCUT2D eigenvalue weighted by Crippen LogP contribution is 2.30. The molecule has 2 aromatic rings. The van der Waals surface area contributed by atoms with Crippen molar-refractivity contribution in [1.82, 2.24) is 0 Å². The minimum atomic E-state index is -3.43. The molecule has 0 fully saturated rings. The van der Waals surface area contributed by atoms with Gasteiger partial charge < -0.3 is 9.64 Å². The van der Waals surface area contributed by atoms with Crippen molar-refractivity contribution in [3.05, 3.63) is 74.6 Å². The summed E-state index contributed by atoms with van der Waals surface area (Å²) in [5, 5.41) is 12.1. The van der Waals surface area contributed by atoms with Gasteiger partial charge in [-0.15, -0.1) is 0 Å². The molecule has 1 unspecified atom stereocenters. The molecule has 2 aromatic carbocycles. The molecule has 0 radical (unpaired) electrons. The number of rotatable bonds is 5. The molecule has 0 aromatic heterocycles. The van der Waals surface area contributed by atoms with Crippen molar-refractivity contribution in [2.24, 2.45) is 0 Å². The maximum Gasteiger partial charge on any atom is 0.288 e. The predicted molar refractivity (Wildman–Crippen MR) is 105 cm³/mol. The average molecular weight is 423 g/mol. The van der Waals surface area contributed by atoms with Crippen molar-refractivity contribution in [2.45, 2.75) is 6.04 Å². The first kappa shape index (κ1) is 19.8. The molecule has 1 aliphatic rings. The number of amides is 1. The highest BCUT2D eigenvalue weighted by molar-refractivity contribution is 7.94. The summed E-state index contributed by atoms with van der Waals surface area (Å²) in [6, 6.07) is 9.44. The van der Waals surface area contributed by atoms with Crippen LogP contribution in [0.25, 0.3) is 0 Å². The quantitative estimate of drug-likeness (QED) is 0.541. The van der Waals surface area contributed by atoms with Gasteiger partial charge in [-0.25, -0.2) is 8.42 Å². The summed E-state index contributed by atoms with van der Waals surface area (Å²) in [4.78, 5) is 24.9. The Kier molecular flexibility index (Phi) is 5.39. The second kappa shape index (κ2) is 7.61. The number of nitro benzene ring substituents is 1. The van der Waals surface area contributed by atoms with E-state index in [1.807, 2.05) is 0 Å². The molecule has 3 rings (SSSR count). The van der Waals surface area contributed by atoms with Crippen LogP contribution in [0.3, 0.4) is 0 Å². The van der Waals surface area contributed by atoms with E-state index in [0.717, 1.165) is 11.5 Å². The van der Waals surface area contributed by atoms with E-state index in [1.54, 1.807) is 24.3 Å². The normalized spacial score (nSPS) is 17.3. The van der Waals surface area contributed by atoms with Gasteiger partial charge in [-0.05, 0) is 42.5 Å². The van der Waals surface area contributed by atoms with Crippen LogP contribution >= 0.6 is 11.6 Å². The lowest BCUT2D eigenvalue weighted by Crippen LogP contribution is -2.41. The van der Waals surface area contributed by atoms with E-state index in [4.69, 9.17) is 16.3 Å². The first-order valence-corrected chi connectivity index (χ1v) is 10.1. The molecule has 0 N–H and O–H groups in total. The van der Waals surface area contributed by atoms with Crippen LogP contribution in [-0.4, -0.2) is 38.2 Å². The standard InChI is InChI=1S/C18H15ClN2O6S/c1-27-15-5-3-13(4-6-15)20(14-8-9-28(25,26)11-14)18(22)12-2-7-16(19)17(10-12)21(23)24/h2-10,14H,11H2,1H3. The van der Waals surface area contributed by atoms with Crippen LogP contribution in [0.4, 0.5) is 11.4 Å². The zero-order chi connectivity index (χ0) is 20.5. The molecule has 28 heavy (non-hydrogen) atoms. The Morgan fingerprint density at radius 1 is 1.25 bits per heavy atom. The Balaban J connectivity index is 2.05. The van der Waals surface area contributed by atoms with Crippen molar-refractivity contribution in [3.8, 4) is 5.75 Å². The Bertz CT molecular complexity index is 1070. The Morgan fingerprint density at radius 3 is 2.46 bits per heavy atom. The van der Waals surface area contributed by atoms with Crippen LogP contribution in [0.5, 0.6) is 5.75 Å². The van der Waals surface area contributed by atoms with Crippen molar-refractivity contribution < 1.29 is 22.9 Å². The molecule has 1 amide bonds. The van der Waals surface area contributed by atoms with Crippen LogP contribution in [0.15, 0.2) is 53.9 Å². The average Bonchev–Trinajstić information content (AvgIpc) is 3.02. The summed E-state index contributed by atoms with van der Waals surface area (Å²) in [5.41, 5.74) is 0.0385. The maximum atomic E-state index is 13.2. The largest absolute Gasteiger partial charge is 0.497 e. The number of anilines is 1. The summed E-state index contributed by atoms with van der Waals surface area (Å²) < 4.78 is 28.9. The third kappa shape index (κ3) is 4.00. The molecule has 0 bridgehead atoms. The van der Waals surface area contributed by atoms with Crippen LogP contribution in [0.1, 0.15) is 10.4 Å². The van der Waals surface area contributed by atoms with Gasteiger partial charge in [0, 0.05) is 22.7 Å². The zero-order valence-corrected chi connectivity index (χ0v) is 16.2. The topological polar surface area (TPSA) is 107 Å². The number of halogens is 1. The van der Waals surface area contributed by atoms with Gasteiger partial charge in [0.1, 0.15) is 10.8 Å². The number of ether oxygens (including phenoxy) is 1. The summed E-state index contributed by atoms with van der Waals surface area (Å²) in [6.07, 6.45) is 1.42. The number of nitro groups is 1. The van der Waals surface area contributed by atoms with Gasteiger partial charge in [-0.3, -0.25) is 14.9 Å². The van der Waals surface area contributed by atoms with E-state index < -0.39 is 32.4 Å². The minimum Gasteiger partial charge on any atom is -0.497 e. The fourth-order valence-corrected chi connectivity index (χ4v) is 4.30. The van der Waals surface area contributed by atoms with E-state index in [1.165, 1.54) is 30.2 Å². The van der Waals surface area contributed by atoms with Gasteiger partial charge in [0.2, 0.25) is 0 Å². The molecular formula is C18H15ClN2O6S. The number of sulfone groups is 1. The molecule has 146 valence electrons. The fraction of sp³-hybridized carbons (Fsp3) is 0.167. The fourth-order valence-electron chi connectivity index (χ4n) is 2.85. The lowest BCUT2D eigenvalue weighted by Gasteiger charge is -2.28. The minimum absolute atomic E-state index is 0.0182. The van der Waals surface area contributed by atoms with Crippen LogP contribution < -0.4 is 9.64 Å². The molecule has 1 aliphatic heterocycles. The van der Waals surface area contributed by atoms with E-state index in [2.05, 4.69) is 0 Å². The molecule has 10 heteroatoms. The molecule has 1 heterocycles. The molecule has 0 saturated carbocycles. The monoisotopic (exact) mass is 422 g/mol. The third-order valence-electron chi connectivity index (χ3n) is 4.20. The zero-order valence-electron chi connectivity index (χ0n) is 14.6. The second-order valence-electron chi connectivity index (χ2n) is 6.02. The second-order valence-corrected chi connectivity index (χ2v) is 8.36. The van der Waals surface area contributed by atoms with Crippen molar-refractivity contribution >= 4 is 38.7 Å². The van der Waals surface area contributed by atoms with Gasteiger partial charge in [0.25, 0.3) is 11.6 Å². The highest BCUT2D eigenvalue weighted by atomic mass is 35.5. The number of benzene rings is 2. The van der Waals surface area contributed by atoms with Gasteiger partial charge in [0.05, 0.1) is 23.8 Å². The maximum absolute atomic E-state index is 13.2. The van der Waals surface area contributed by atoms with Crippen LogP contribution in [0.2, 0.25) is 5.02 Å². The van der Waals surface area contributed by atoms with Gasteiger partial charge in [-0.1, -0.05) is 11.6 Å². The van der Waals surface area contributed by atoms with E-state index in [-0.39, 0.29) is 16.3 Å². The van der Waals surface area contributed by atoms with E-state index in [9.17, 15) is 23.3 Å². The molecule has 0 spiro atoms. The van der Waals surface area contributed by atoms with E-state index >= 15 is 0 Å². The van der Waals surface area contributed by atoms with E-state index in [0.29, 0.717) is 11.4 Å².